The predicted molar refractivity (Wildman–Crippen MR) is 126 cm³/mol. The first-order valence-corrected chi connectivity index (χ1v) is 12.6. The van der Waals surface area contributed by atoms with Crippen LogP contribution in [0.25, 0.3) is 0 Å². The van der Waals surface area contributed by atoms with Crippen LogP contribution in [0.3, 0.4) is 0 Å². The van der Waals surface area contributed by atoms with E-state index in [0.717, 1.165) is 10.0 Å². The zero-order chi connectivity index (χ0) is 27.3. The molecule has 0 radical (unpaired) electrons. The van der Waals surface area contributed by atoms with Crippen LogP contribution in [0.5, 0.6) is 0 Å². The second-order valence-corrected chi connectivity index (χ2v) is 10.6. The highest BCUT2D eigenvalue weighted by molar-refractivity contribution is 9.10. The highest BCUT2D eigenvalue weighted by Gasteiger charge is 2.37. The van der Waals surface area contributed by atoms with Crippen LogP contribution in [0.15, 0.2) is 59.1 Å². The first-order chi connectivity index (χ1) is 16.6. The normalized spacial score (nSPS) is 12.5. The Labute approximate surface area is 210 Å². The van der Waals surface area contributed by atoms with E-state index in [1.165, 1.54) is 6.26 Å². The molecule has 36 heavy (non-hydrogen) atoms. The van der Waals surface area contributed by atoms with Crippen molar-refractivity contribution >= 4 is 44.1 Å². The van der Waals surface area contributed by atoms with Crippen molar-refractivity contribution < 1.29 is 43.9 Å². The lowest BCUT2D eigenvalue weighted by Crippen LogP contribution is -2.41. The lowest BCUT2D eigenvalue weighted by atomic mass is 9.79. The molecule has 0 amide bonds. The highest BCUT2D eigenvalue weighted by atomic mass is 79.9. The summed E-state index contributed by atoms with van der Waals surface area (Å²) in [5, 5.41) is 2.74. The van der Waals surface area contributed by atoms with Crippen LogP contribution in [0.1, 0.15) is 15.9 Å². The molecule has 0 saturated carbocycles. The molecule has 3 rings (SSSR count). The van der Waals surface area contributed by atoms with Gasteiger partial charge in [0.15, 0.2) is 38.4 Å². The van der Waals surface area contributed by atoms with Gasteiger partial charge in [-0.3, -0.25) is 4.79 Å². The Morgan fingerprint density at radius 2 is 1.31 bits per heavy atom. The number of carbonyl (C=O) groups excluding carboxylic acids is 1. The van der Waals surface area contributed by atoms with Crippen molar-refractivity contribution in [2.75, 3.05) is 12.0 Å². The summed E-state index contributed by atoms with van der Waals surface area (Å²) >= 11 is 3.32. The standard InChI is InChI=1S/C17H14BrO2S.C6BF8/c1-21(20,12-11-14-5-3-2-4-6-14)13-17(19)15-7-9-16(18)10-8-15;8-2-1(7(13,14)15)3(9)5(11)6(12)4(2)10/h2-10H,13H2,1H3;/q+1;-1. The Morgan fingerprint density at radius 3 is 1.78 bits per heavy atom. The fourth-order valence-electron chi connectivity index (χ4n) is 2.60. The molecule has 0 N–H and O–H groups in total. The first-order valence-electron chi connectivity index (χ1n) is 9.68. The molecular formula is C23H14BBrF8O2S. The van der Waals surface area contributed by atoms with Crippen LogP contribution >= 0.6 is 15.9 Å². The van der Waals surface area contributed by atoms with Gasteiger partial charge in [-0.05, 0) is 35.6 Å². The van der Waals surface area contributed by atoms with Crippen LogP contribution in [0.4, 0.5) is 34.9 Å². The largest absolute Gasteiger partial charge is 0.515 e. The smallest absolute Gasteiger partial charge is 0.445 e. The lowest BCUT2D eigenvalue weighted by Gasteiger charge is -2.17. The van der Waals surface area contributed by atoms with E-state index in [-0.39, 0.29) is 11.5 Å². The fourth-order valence-corrected chi connectivity index (χ4v) is 3.94. The number of benzene rings is 3. The molecule has 1 unspecified atom stereocenters. The van der Waals surface area contributed by atoms with Crippen molar-refractivity contribution in [2.24, 2.45) is 0 Å². The van der Waals surface area contributed by atoms with E-state index >= 15 is 0 Å². The maximum Gasteiger partial charge on any atom is 0.515 e. The molecule has 2 nitrogen and oxygen atoms in total. The van der Waals surface area contributed by atoms with Gasteiger partial charge in [0.25, 0.3) is 0 Å². The first kappa shape index (κ1) is 29.3. The van der Waals surface area contributed by atoms with Crippen molar-refractivity contribution in [3.63, 3.8) is 0 Å². The van der Waals surface area contributed by atoms with E-state index in [0.29, 0.717) is 5.56 Å². The van der Waals surface area contributed by atoms with E-state index in [1.807, 2.05) is 30.3 Å². The van der Waals surface area contributed by atoms with Crippen molar-refractivity contribution in [1.29, 1.82) is 0 Å². The van der Waals surface area contributed by atoms with Gasteiger partial charge in [0.2, 0.25) is 5.78 Å². The summed E-state index contributed by atoms with van der Waals surface area (Å²) in [6.07, 6.45) is 1.53. The fraction of sp³-hybridized carbons (Fsp3) is 0.0870. The van der Waals surface area contributed by atoms with Gasteiger partial charge < -0.3 is 12.9 Å². The van der Waals surface area contributed by atoms with Gasteiger partial charge in [0.05, 0.1) is 0 Å². The molecule has 0 heterocycles. The molecule has 3 aromatic carbocycles. The molecule has 3 aromatic rings. The number of halogens is 9. The number of carbonyl (C=O) groups is 1. The van der Waals surface area contributed by atoms with Crippen LogP contribution in [-0.4, -0.2) is 24.8 Å². The molecule has 0 aliphatic heterocycles. The third kappa shape index (κ3) is 7.76. The summed E-state index contributed by atoms with van der Waals surface area (Å²) in [7, 11) is -2.51. The molecule has 0 aromatic heterocycles. The zero-order valence-electron chi connectivity index (χ0n) is 18.1. The van der Waals surface area contributed by atoms with Crippen LogP contribution in [0, 0.1) is 40.3 Å². The molecule has 0 aliphatic carbocycles. The van der Waals surface area contributed by atoms with Crippen molar-refractivity contribution in [1.82, 2.24) is 0 Å². The Bertz CT molecular complexity index is 1340. The number of hydrogen-bond acceptors (Lipinski definition) is 2. The SMILES string of the molecule is C[S+](=O)(C#Cc1ccccc1)CC(=O)c1ccc(Br)cc1.Fc1c(F)c(F)c([B-](F)(F)F)c(F)c1F. The molecule has 190 valence electrons. The van der Waals surface area contributed by atoms with Crippen molar-refractivity contribution in [3.05, 3.63) is 99.3 Å². The summed E-state index contributed by atoms with van der Waals surface area (Å²) < 4.78 is 111. The third-order valence-electron chi connectivity index (χ3n) is 4.33. The van der Waals surface area contributed by atoms with E-state index in [4.69, 9.17) is 0 Å². The third-order valence-corrected chi connectivity index (χ3v) is 6.20. The number of Topliss-reactive ketones (excluding diaryl/α,β-unsaturated/α-hetero) is 1. The molecule has 0 saturated heterocycles. The molecule has 0 fully saturated rings. The maximum atomic E-state index is 12.5. The van der Waals surface area contributed by atoms with Crippen molar-refractivity contribution in [3.8, 4) is 11.2 Å². The van der Waals surface area contributed by atoms with E-state index in [2.05, 4.69) is 27.1 Å². The quantitative estimate of drug-likeness (QED) is 0.0683. The number of ketones is 1. The van der Waals surface area contributed by atoms with E-state index in [9.17, 15) is 43.9 Å². The van der Waals surface area contributed by atoms with E-state index < -0.39 is 51.5 Å². The zero-order valence-corrected chi connectivity index (χ0v) is 20.5. The van der Waals surface area contributed by atoms with Crippen LogP contribution < -0.4 is 5.46 Å². The topological polar surface area (TPSA) is 34.1 Å². The molecule has 0 bridgehead atoms. The average molecular weight is 597 g/mol. The minimum atomic E-state index is -6.30. The van der Waals surface area contributed by atoms with Gasteiger partial charge in [-0.15, -0.1) is 0 Å². The second kappa shape index (κ2) is 11.8. The van der Waals surface area contributed by atoms with Gasteiger partial charge in [-0.1, -0.05) is 50.5 Å². The van der Waals surface area contributed by atoms with Gasteiger partial charge in [-0.2, -0.15) is 0 Å². The molecule has 0 spiro atoms. The second-order valence-electron chi connectivity index (χ2n) is 7.23. The Morgan fingerprint density at radius 1 is 0.833 bits per heavy atom. The molecule has 13 heteroatoms. The molecular weight excluding hydrogens is 583 g/mol. The Kier molecular flexibility index (Phi) is 9.62. The number of hydrogen-bond donors (Lipinski definition) is 0. The summed E-state index contributed by atoms with van der Waals surface area (Å²) in [6, 6.07) is 16.3. The lowest BCUT2D eigenvalue weighted by molar-refractivity contribution is 0.102. The van der Waals surface area contributed by atoms with Gasteiger partial charge in [-0.25, -0.2) is 22.0 Å². The maximum absolute atomic E-state index is 12.5. The summed E-state index contributed by atoms with van der Waals surface area (Å²) in [5.74, 6) is -10.9. The minimum absolute atomic E-state index is 0.0610. The number of rotatable bonds is 4. The van der Waals surface area contributed by atoms with Crippen LogP contribution in [0.2, 0.25) is 0 Å². The summed E-state index contributed by atoms with van der Waals surface area (Å²) in [4.78, 5) is 12.1. The minimum Gasteiger partial charge on any atom is -0.445 e. The van der Waals surface area contributed by atoms with Crippen LogP contribution in [-0.2, 0) is 14.1 Å². The predicted octanol–water partition coefficient (Wildman–Crippen LogP) is 6.21. The highest BCUT2D eigenvalue weighted by Crippen LogP contribution is 2.21. The van der Waals surface area contributed by atoms with E-state index in [1.54, 1.807) is 24.3 Å². The molecule has 1 atom stereocenters. The van der Waals surface area contributed by atoms with Crippen molar-refractivity contribution in [2.45, 2.75) is 0 Å². The summed E-state index contributed by atoms with van der Waals surface area (Å²) in [5.41, 5.74) is -1.39. The summed E-state index contributed by atoms with van der Waals surface area (Å²) in [6.45, 7) is -6.30. The van der Waals surface area contributed by atoms with Gasteiger partial charge in [0.1, 0.15) is 17.9 Å². The Hall–Kier alpha value is -2.98. The van der Waals surface area contributed by atoms with Gasteiger partial charge >= 0.3 is 6.98 Å². The Balaban J connectivity index is 0.000000269. The monoisotopic (exact) mass is 596 g/mol. The van der Waals surface area contributed by atoms with Gasteiger partial charge in [0, 0.05) is 15.6 Å². The average Bonchev–Trinajstić information content (AvgIpc) is 2.81. The molecule has 0 aliphatic rings.